The first-order valence-electron chi connectivity index (χ1n) is 12.1. The zero-order chi connectivity index (χ0) is 30.9. The predicted molar refractivity (Wildman–Crippen MR) is 157 cm³/mol. The van der Waals surface area contributed by atoms with Crippen molar-refractivity contribution in [2.24, 2.45) is 17.2 Å². The van der Waals surface area contributed by atoms with Gasteiger partial charge in [-0.05, 0) is 16.7 Å². The molecule has 0 saturated carbocycles. The van der Waals surface area contributed by atoms with Crippen LogP contribution in [0.5, 0.6) is 0 Å². The molecular formula is C30H24N6O6. The summed E-state index contributed by atoms with van der Waals surface area (Å²) >= 11 is 0. The number of amidine groups is 3. The Hall–Kier alpha value is -6.30. The number of hydrogen-bond donors (Lipinski definition) is 9. The van der Waals surface area contributed by atoms with E-state index >= 15 is 0 Å². The van der Waals surface area contributed by atoms with Crippen molar-refractivity contribution in [1.82, 2.24) is 0 Å². The molecule has 0 aliphatic heterocycles. The van der Waals surface area contributed by atoms with Crippen LogP contribution in [0.25, 0.3) is 33.4 Å². The summed E-state index contributed by atoms with van der Waals surface area (Å²) in [6, 6.07) is 16.9. The molecule has 0 spiro atoms. The van der Waals surface area contributed by atoms with Crippen molar-refractivity contribution in [2.45, 2.75) is 0 Å². The van der Waals surface area contributed by atoms with Gasteiger partial charge in [0.25, 0.3) is 0 Å². The number of nitrogens with one attached hydrogen (secondary N) is 3. The number of benzene rings is 4. The van der Waals surface area contributed by atoms with E-state index in [4.69, 9.17) is 33.4 Å². The molecule has 0 saturated heterocycles. The molecule has 0 fully saturated rings. The monoisotopic (exact) mass is 564 g/mol. The van der Waals surface area contributed by atoms with Crippen LogP contribution in [0.3, 0.4) is 0 Å². The highest BCUT2D eigenvalue weighted by atomic mass is 16.4. The van der Waals surface area contributed by atoms with Gasteiger partial charge in [0.15, 0.2) is 0 Å². The van der Waals surface area contributed by atoms with E-state index < -0.39 is 34.6 Å². The second kappa shape index (κ2) is 11.1. The van der Waals surface area contributed by atoms with Crippen LogP contribution in [0.4, 0.5) is 0 Å². The van der Waals surface area contributed by atoms with Crippen LogP contribution in [-0.2, 0) is 0 Å². The molecule has 12 nitrogen and oxygen atoms in total. The lowest BCUT2D eigenvalue weighted by molar-refractivity contribution is 0.0696. The van der Waals surface area contributed by atoms with Gasteiger partial charge in [0, 0.05) is 33.4 Å². The zero-order valence-electron chi connectivity index (χ0n) is 21.7. The Labute approximate surface area is 238 Å². The van der Waals surface area contributed by atoms with Crippen LogP contribution in [0.15, 0.2) is 72.8 Å². The molecular weight excluding hydrogens is 540 g/mol. The molecule has 0 radical (unpaired) electrons. The summed E-state index contributed by atoms with van der Waals surface area (Å²) in [5.74, 6) is -5.56. The fourth-order valence-electron chi connectivity index (χ4n) is 4.71. The van der Waals surface area contributed by atoms with Crippen LogP contribution in [0.2, 0.25) is 0 Å². The summed E-state index contributed by atoms with van der Waals surface area (Å²) in [5, 5.41) is 54.5. The molecule has 0 unspecified atom stereocenters. The van der Waals surface area contributed by atoms with Gasteiger partial charge >= 0.3 is 17.9 Å². The Bertz CT molecular complexity index is 1580. The quantitative estimate of drug-likeness (QED) is 0.106. The maximum atomic E-state index is 12.9. The molecule has 12 heteroatoms. The lowest BCUT2D eigenvalue weighted by atomic mass is 9.79. The first kappa shape index (κ1) is 28.7. The first-order chi connectivity index (χ1) is 19.8. The SMILES string of the molecule is N=C(N)c1ccc(-c2c(C(=O)O)c(-c3ccc(C(=N)N)cc3)c(C(=O)O)c(-c3ccc(C(=N)N)cc3)c2C(=O)O)cc1. The molecule has 0 aromatic heterocycles. The van der Waals surface area contributed by atoms with Crippen LogP contribution in [-0.4, -0.2) is 50.7 Å². The van der Waals surface area contributed by atoms with E-state index in [1.165, 1.54) is 72.8 Å². The summed E-state index contributed by atoms with van der Waals surface area (Å²) in [6.45, 7) is 0. The van der Waals surface area contributed by atoms with Gasteiger partial charge in [0.1, 0.15) is 17.5 Å². The molecule has 0 aliphatic rings. The van der Waals surface area contributed by atoms with Gasteiger partial charge in [-0.3, -0.25) is 16.2 Å². The third-order valence-corrected chi connectivity index (χ3v) is 6.60. The molecule has 0 amide bonds. The van der Waals surface area contributed by atoms with Crippen molar-refractivity contribution < 1.29 is 29.7 Å². The Kier molecular flexibility index (Phi) is 7.56. The first-order valence-corrected chi connectivity index (χ1v) is 12.1. The normalized spacial score (nSPS) is 10.6. The number of hydrogen-bond acceptors (Lipinski definition) is 6. The fourth-order valence-corrected chi connectivity index (χ4v) is 4.71. The van der Waals surface area contributed by atoms with Gasteiger partial charge in [-0.25, -0.2) is 14.4 Å². The predicted octanol–water partition coefficient (Wildman–Crippen LogP) is 3.63. The number of nitrogen functional groups attached to an aromatic ring is 3. The standard InChI is InChI=1S/C30H24N6O6/c31-25(32)16-7-1-13(2-8-16)19-22(28(37)38)20(14-3-9-17(10-4-14)26(33)34)24(30(41)42)21(23(19)29(39)40)15-5-11-18(12-6-15)27(35)36/h1-12H,(H3,31,32)(H3,33,34)(H3,35,36)(H,37,38)(H,39,40)(H,41,42). The van der Waals surface area contributed by atoms with Gasteiger partial charge in [0.2, 0.25) is 0 Å². The van der Waals surface area contributed by atoms with Gasteiger partial charge in [-0.2, -0.15) is 0 Å². The highest BCUT2D eigenvalue weighted by Crippen LogP contribution is 2.45. The van der Waals surface area contributed by atoms with E-state index in [0.29, 0.717) is 16.7 Å². The smallest absolute Gasteiger partial charge is 0.337 e. The molecule has 0 aliphatic carbocycles. The van der Waals surface area contributed by atoms with E-state index in [-0.39, 0.29) is 50.9 Å². The summed E-state index contributed by atoms with van der Waals surface area (Å²) < 4.78 is 0. The molecule has 12 N–H and O–H groups in total. The number of carboxylic acids is 3. The van der Waals surface area contributed by atoms with Crippen molar-refractivity contribution in [3.63, 3.8) is 0 Å². The maximum absolute atomic E-state index is 12.9. The number of rotatable bonds is 9. The summed E-state index contributed by atoms with van der Waals surface area (Å²) in [5.41, 5.74) is 15.4. The van der Waals surface area contributed by atoms with Gasteiger partial charge in [-0.15, -0.1) is 0 Å². The number of nitrogens with two attached hydrogens (primary N) is 3. The molecule has 4 aromatic rings. The Morgan fingerprint density at radius 2 is 0.619 bits per heavy atom. The summed E-state index contributed by atoms with van der Waals surface area (Å²) in [6.07, 6.45) is 0. The number of carbonyl (C=O) groups is 3. The van der Waals surface area contributed by atoms with E-state index in [1.54, 1.807) is 0 Å². The van der Waals surface area contributed by atoms with Crippen LogP contribution in [0.1, 0.15) is 47.8 Å². The fraction of sp³-hybridized carbons (Fsp3) is 0. The Morgan fingerprint density at radius 1 is 0.429 bits per heavy atom. The summed E-state index contributed by atoms with van der Waals surface area (Å²) in [7, 11) is 0. The third-order valence-electron chi connectivity index (χ3n) is 6.60. The van der Waals surface area contributed by atoms with Crippen molar-refractivity contribution in [3.05, 3.63) is 106 Å². The minimum atomic E-state index is -1.59. The van der Waals surface area contributed by atoms with E-state index in [0.717, 1.165) is 0 Å². The second-order valence-electron chi connectivity index (χ2n) is 9.14. The highest BCUT2D eigenvalue weighted by molar-refractivity contribution is 6.20. The van der Waals surface area contributed by atoms with Crippen LogP contribution < -0.4 is 17.2 Å². The van der Waals surface area contributed by atoms with Crippen molar-refractivity contribution >= 4 is 35.4 Å². The lowest BCUT2D eigenvalue weighted by Crippen LogP contribution is -2.17. The van der Waals surface area contributed by atoms with Crippen LogP contribution in [0, 0.1) is 16.2 Å². The minimum absolute atomic E-state index is 0.120. The van der Waals surface area contributed by atoms with Crippen molar-refractivity contribution in [2.75, 3.05) is 0 Å². The van der Waals surface area contributed by atoms with E-state index in [1.807, 2.05) is 0 Å². The average molecular weight is 565 g/mol. The Morgan fingerprint density at radius 3 is 0.762 bits per heavy atom. The van der Waals surface area contributed by atoms with Gasteiger partial charge < -0.3 is 32.5 Å². The molecule has 210 valence electrons. The summed E-state index contributed by atoms with van der Waals surface area (Å²) in [4.78, 5) is 38.8. The highest BCUT2D eigenvalue weighted by Gasteiger charge is 2.35. The maximum Gasteiger partial charge on any atom is 0.337 e. The lowest BCUT2D eigenvalue weighted by Gasteiger charge is -2.23. The molecule has 0 bridgehead atoms. The van der Waals surface area contributed by atoms with Crippen LogP contribution >= 0.6 is 0 Å². The second-order valence-corrected chi connectivity index (χ2v) is 9.14. The number of carboxylic acid groups (broad SMARTS) is 3. The van der Waals surface area contributed by atoms with E-state index in [2.05, 4.69) is 0 Å². The number of aromatic carboxylic acids is 3. The molecule has 4 aromatic carbocycles. The molecule has 0 atom stereocenters. The topological polar surface area (TPSA) is 262 Å². The molecule has 4 rings (SSSR count). The largest absolute Gasteiger partial charge is 0.478 e. The third kappa shape index (κ3) is 5.14. The Balaban J connectivity index is 2.28. The molecule has 0 heterocycles. The van der Waals surface area contributed by atoms with Crippen molar-refractivity contribution in [3.8, 4) is 33.4 Å². The van der Waals surface area contributed by atoms with E-state index in [9.17, 15) is 29.7 Å². The average Bonchev–Trinajstić information content (AvgIpc) is 2.95. The van der Waals surface area contributed by atoms with Gasteiger partial charge in [-0.1, -0.05) is 72.8 Å². The molecule has 42 heavy (non-hydrogen) atoms. The minimum Gasteiger partial charge on any atom is -0.478 e. The van der Waals surface area contributed by atoms with Gasteiger partial charge in [0.05, 0.1) is 16.7 Å². The zero-order valence-corrected chi connectivity index (χ0v) is 21.7. The van der Waals surface area contributed by atoms with Crippen molar-refractivity contribution in [1.29, 1.82) is 16.2 Å².